The fourth-order valence-corrected chi connectivity index (χ4v) is 10.3. The molecule has 5 aromatic carbocycles. The van der Waals surface area contributed by atoms with Crippen LogP contribution in [0.1, 0.15) is 30.5 Å². The maximum Gasteiger partial charge on any atom is 0.202 e. The third kappa shape index (κ3) is 3.53. The van der Waals surface area contributed by atoms with Crippen molar-refractivity contribution in [3.05, 3.63) is 130 Å². The molecule has 0 N–H and O–H groups in total. The predicted octanol–water partition coefficient (Wildman–Crippen LogP) is 11.3. The molecule has 0 unspecified atom stereocenters. The first kappa shape index (κ1) is 24.4. The van der Waals surface area contributed by atoms with Crippen LogP contribution in [0.3, 0.4) is 0 Å². The van der Waals surface area contributed by atoms with Crippen LogP contribution in [0.4, 0.5) is 0 Å². The zero-order chi connectivity index (χ0) is 27.9. The topological polar surface area (TPSA) is 34.1 Å². The summed E-state index contributed by atoms with van der Waals surface area (Å²) >= 11 is 6.74. The molecule has 198 valence electrons. The average molecular weight is 611 g/mol. The summed E-state index contributed by atoms with van der Waals surface area (Å²) in [4.78, 5) is 28.3. The average Bonchev–Trinajstić information content (AvgIpc) is 3.81. The standard InChI is InChI=1S/C36H18O2S4/c37-35(19-7-3-1-4-8-19)29-17-21-23(39-29)11-13-25-31(21)33-27(41-25)15-16-28-34(33)32-22-18-30(36(38)20-9-5-2-6-10-20)40-24(22)12-14-26(32)42-28/h1-18H. The van der Waals surface area contributed by atoms with Gasteiger partial charge in [0.1, 0.15) is 0 Å². The van der Waals surface area contributed by atoms with Crippen molar-refractivity contribution in [2.45, 2.75) is 0 Å². The highest BCUT2D eigenvalue weighted by Gasteiger charge is 2.21. The second kappa shape index (κ2) is 9.15. The van der Waals surface area contributed by atoms with E-state index >= 15 is 0 Å². The van der Waals surface area contributed by atoms with E-state index in [1.54, 1.807) is 45.3 Å². The summed E-state index contributed by atoms with van der Waals surface area (Å²) in [6.07, 6.45) is 0. The molecule has 0 fully saturated rings. The van der Waals surface area contributed by atoms with Crippen molar-refractivity contribution in [3.63, 3.8) is 0 Å². The number of rotatable bonds is 4. The molecule has 0 aliphatic carbocycles. The van der Waals surface area contributed by atoms with E-state index < -0.39 is 0 Å². The lowest BCUT2D eigenvalue weighted by Gasteiger charge is -2.00. The van der Waals surface area contributed by atoms with E-state index in [9.17, 15) is 9.59 Å². The van der Waals surface area contributed by atoms with Crippen molar-refractivity contribution >= 4 is 117 Å². The fraction of sp³-hybridized carbons (Fsp3) is 0. The van der Waals surface area contributed by atoms with Gasteiger partial charge in [0.15, 0.2) is 0 Å². The Morgan fingerprint density at radius 1 is 0.381 bits per heavy atom. The molecule has 0 bridgehead atoms. The molecule has 0 amide bonds. The number of carbonyl (C=O) groups is 2. The first-order chi connectivity index (χ1) is 20.6. The molecule has 0 radical (unpaired) electrons. The maximum atomic E-state index is 13.4. The molecule has 2 nitrogen and oxygen atoms in total. The minimum absolute atomic E-state index is 0.0613. The van der Waals surface area contributed by atoms with Gasteiger partial charge >= 0.3 is 0 Å². The monoisotopic (exact) mass is 610 g/mol. The Morgan fingerprint density at radius 3 is 1.14 bits per heavy atom. The van der Waals surface area contributed by atoms with Gasteiger partial charge in [-0.3, -0.25) is 9.59 Å². The summed E-state index contributed by atoms with van der Waals surface area (Å²) in [6, 6.07) is 36.4. The van der Waals surface area contributed by atoms with Crippen molar-refractivity contribution in [2.75, 3.05) is 0 Å². The number of benzene rings is 5. The van der Waals surface area contributed by atoms with Crippen LogP contribution in [0.25, 0.3) is 60.5 Å². The third-order valence-corrected chi connectivity index (χ3v) is 12.4. The molecule has 9 rings (SSSR count). The van der Waals surface area contributed by atoms with Gasteiger partial charge in [-0.15, -0.1) is 45.3 Å². The van der Waals surface area contributed by atoms with Gasteiger partial charge in [-0.05, 0) is 48.5 Å². The minimum atomic E-state index is 0.0613. The summed E-state index contributed by atoms with van der Waals surface area (Å²) in [7, 11) is 0. The Balaban J connectivity index is 1.34. The van der Waals surface area contributed by atoms with Gasteiger partial charge in [0.2, 0.25) is 11.6 Å². The number of carbonyl (C=O) groups excluding carboxylic acids is 2. The number of hydrogen-bond donors (Lipinski definition) is 0. The van der Waals surface area contributed by atoms with Gasteiger partial charge in [0.05, 0.1) is 9.75 Å². The van der Waals surface area contributed by atoms with Crippen molar-refractivity contribution in [2.24, 2.45) is 0 Å². The van der Waals surface area contributed by atoms with Crippen LogP contribution in [-0.2, 0) is 0 Å². The zero-order valence-electron chi connectivity index (χ0n) is 21.8. The molecule has 0 aliphatic rings. The van der Waals surface area contributed by atoms with Gasteiger partial charge in [-0.25, -0.2) is 0 Å². The second-order valence-corrected chi connectivity index (χ2v) is 14.7. The number of ketones is 2. The van der Waals surface area contributed by atoms with Crippen LogP contribution >= 0.6 is 45.3 Å². The van der Waals surface area contributed by atoms with Crippen molar-refractivity contribution in [1.82, 2.24) is 0 Å². The molecule has 4 aromatic heterocycles. The molecule has 0 aliphatic heterocycles. The maximum absolute atomic E-state index is 13.4. The van der Waals surface area contributed by atoms with E-state index in [1.807, 2.05) is 60.7 Å². The normalized spacial score (nSPS) is 12.0. The van der Waals surface area contributed by atoms with Crippen molar-refractivity contribution < 1.29 is 9.59 Å². The zero-order valence-corrected chi connectivity index (χ0v) is 25.1. The molecule has 0 atom stereocenters. The van der Waals surface area contributed by atoms with E-state index in [2.05, 4.69) is 48.5 Å². The Labute approximate surface area is 255 Å². The fourth-order valence-electron chi connectivity index (χ4n) is 6.02. The van der Waals surface area contributed by atoms with Crippen LogP contribution in [0.2, 0.25) is 0 Å². The molecule has 6 heteroatoms. The Kier molecular flexibility index (Phi) is 5.32. The Morgan fingerprint density at radius 2 is 0.738 bits per heavy atom. The number of hydrogen-bond acceptors (Lipinski definition) is 6. The molecule has 4 heterocycles. The van der Waals surface area contributed by atoms with E-state index in [0.717, 1.165) is 29.9 Å². The molecule has 0 spiro atoms. The van der Waals surface area contributed by atoms with Crippen molar-refractivity contribution in [1.29, 1.82) is 0 Å². The number of fused-ring (bicyclic) bond motifs is 11. The van der Waals surface area contributed by atoms with Crippen LogP contribution < -0.4 is 0 Å². The lowest BCUT2D eigenvalue weighted by molar-refractivity contribution is 0.103. The lowest BCUT2D eigenvalue weighted by atomic mass is 10.0. The molecule has 0 saturated heterocycles. The quantitative estimate of drug-likeness (QED) is 0.186. The Hall–Kier alpha value is -4.20. The molecular weight excluding hydrogens is 593 g/mol. The third-order valence-electron chi connectivity index (χ3n) is 7.91. The molecule has 0 saturated carbocycles. The van der Waals surface area contributed by atoms with Crippen LogP contribution in [0.5, 0.6) is 0 Å². The summed E-state index contributed by atoms with van der Waals surface area (Å²) in [6.45, 7) is 0. The van der Waals surface area contributed by atoms with Gasteiger partial charge in [-0.2, -0.15) is 0 Å². The van der Waals surface area contributed by atoms with Crippen LogP contribution in [-0.4, -0.2) is 11.6 Å². The summed E-state index contributed by atoms with van der Waals surface area (Å²) < 4.78 is 7.15. The summed E-state index contributed by atoms with van der Waals surface area (Å²) in [5.74, 6) is 0.123. The summed E-state index contributed by atoms with van der Waals surface area (Å²) in [5, 5.41) is 7.19. The largest absolute Gasteiger partial charge is 0.288 e. The predicted molar refractivity (Wildman–Crippen MR) is 183 cm³/mol. The van der Waals surface area contributed by atoms with Gasteiger partial charge < -0.3 is 0 Å². The SMILES string of the molecule is O=C(c1ccccc1)c1cc2c(ccc3sc4ccc5sc6ccc7sc(C(=O)c8ccccc8)cc7c6c5c4c32)s1. The van der Waals surface area contributed by atoms with E-state index in [4.69, 9.17) is 0 Å². The van der Waals surface area contributed by atoms with Crippen LogP contribution in [0.15, 0.2) is 109 Å². The highest BCUT2D eigenvalue weighted by molar-refractivity contribution is 7.29. The van der Waals surface area contributed by atoms with Crippen molar-refractivity contribution in [3.8, 4) is 0 Å². The summed E-state index contributed by atoms with van der Waals surface area (Å²) in [5.41, 5.74) is 1.42. The minimum Gasteiger partial charge on any atom is -0.288 e. The van der Waals surface area contributed by atoms with Gasteiger partial charge in [0.25, 0.3) is 0 Å². The smallest absolute Gasteiger partial charge is 0.202 e. The van der Waals surface area contributed by atoms with Gasteiger partial charge in [-0.1, -0.05) is 60.7 Å². The van der Waals surface area contributed by atoms with Gasteiger partial charge in [0, 0.05) is 71.6 Å². The van der Waals surface area contributed by atoms with E-state index in [-0.39, 0.29) is 11.6 Å². The molecule has 9 aromatic rings. The highest BCUT2D eigenvalue weighted by Crippen LogP contribution is 2.49. The van der Waals surface area contributed by atoms with E-state index in [0.29, 0.717) is 11.1 Å². The lowest BCUT2D eigenvalue weighted by Crippen LogP contribution is -1.97. The van der Waals surface area contributed by atoms with Crippen LogP contribution in [0, 0.1) is 0 Å². The highest BCUT2D eigenvalue weighted by atomic mass is 32.1. The molecular formula is C36H18O2S4. The molecule has 42 heavy (non-hydrogen) atoms. The number of thiophene rings is 4. The first-order valence-corrected chi connectivity index (χ1v) is 16.8. The second-order valence-electron chi connectivity index (χ2n) is 10.3. The Bertz CT molecular complexity index is 2360. The first-order valence-electron chi connectivity index (χ1n) is 13.5. The van der Waals surface area contributed by atoms with E-state index in [1.165, 1.54) is 40.3 Å².